The molecular formula is C29H29F2N7O5. The van der Waals surface area contributed by atoms with Gasteiger partial charge in [-0.05, 0) is 37.5 Å². The fourth-order valence-electron chi connectivity index (χ4n) is 6.36. The molecule has 6 heterocycles. The van der Waals surface area contributed by atoms with Crippen LogP contribution in [0.1, 0.15) is 32.4 Å². The molecule has 224 valence electrons. The summed E-state index contributed by atoms with van der Waals surface area (Å²) < 4.78 is 48.1. The van der Waals surface area contributed by atoms with Gasteiger partial charge in [-0.15, -0.1) is 0 Å². The summed E-state index contributed by atoms with van der Waals surface area (Å²) in [6.07, 6.45) is 3.81. The van der Waals surface area contributed by atoms with Crippen molar-refractivity contribution in [3.05, 3.63) is 53.3 Å². The number of carbonyl (C=O) groups excluding carboxylic acids is 1. The summed E-state index contributed by atoms with van der Waals surface area (Å²) in [5, 5.41) is 7.39. The second kappa shape index (κ2) is 10.2. The molecule has 0 saturated heterocycles. The van der Waals surface area contributed by atoms with Crippen LogP contribution in [0.5, 0.6) is 5.75 Å². The van der Waals surface area contributed by atoms with Crippen LogP contribution in [0.4, 0.5) is 13.6 Å². The van der Waals surface area contributed by atoms with Gasteiger partial charge in [0.15, 0.2) is 0 Å². The standard InChI is InChI=1S/C29H29F2N7O5/c1-14-13-42-18-6-4-15(5-7-18)22-23-25-20(11-32-26(23)35-24(22)16-10-33-37(12-16)27(30)31)36(2)29(40)38(25)17-8-19(21(9-17)43-14)34-28(39)41-3/h4-7,10-12,14,17,19,21,27H,8-9,13H2,1-3H3,(H,32,35)(H,34,39)/t14-,17+,19+,21-/m1/s1. The number of H-pyrrole nitrogens is 1. The zero-order valence-electron chi connectivity index (χ0n) is 23.6. The van der Waals surface area contributed by atoms with Crippen LogP contribution in [0.3, 0.4) is 0 Å². The van der Waals surface area contributed by atoms with Crippen molar-refractivity contribution >= 4 is 28.2 Å². The summed E-state index contributed by atoms with van der Waals surface area (Å²) >= 11 is 0. The number of halogens is 2. The number of ether oxygens (including phenoxy) is 3. The third kappa shape index (κ3) is 4.44. The Kier molecular flexibility index (Phi) is 6.45. The highest BCUT2D eigenvalue weighted by Crippen LogP contribution is 2.43. The fraction of sp³-hybridized carbons (Fsp3) is 0.379. The summed E-state index contributed by atoms with van der Waals surface area (Å²) in [4.78, 5) is 34.1. The Hall–Kier alpha value is -4.72. The zero-order chi connectivity index (χ0) is 30.0. The van der Waals surface area contributed by atoms with Crippen molar-refractivity contribution in [2.24, 2.45) is 7.05 Å². The molecule has 4 atom stereocenters. The number of hydrogen-bond donors (Lipinski definition) is 2. The van der Waals surface area contributed by atoms with Crippen molar-refractivity contribution in [2.75, 3.05) is 13.7 Å². The lowest BCUT2D eigenvalue weighted by Crippen LogP contribution is -2.42. The van der Waals surface area contributed by atoms with E-state index in [0.29, 0.717) is 62.2 Å². The third-order valence-electron chi connectivity index (χ3n) is 8.33. The molecule has 1 fully saturated rings. The first kappa shape index (κ1) is 27.1. The average molecular weight is 594 g/mol. The third-order valence-corrected chi connectivity index (χ3v) is 8.33. The fourth-order valence-corrected chi connectivity index (χ4v) is 6.36. The Bertz CT molecular complexity index is 1910. The van der Waals surface area contributed by atoms with Crippen LogP contribution >= 0.6 is 0 Å². The average Bonchev–Trinajstić information content (AvgIpc) is 3.76. The molecule has 1 aromatic carbocycles. The number of fused-ring (bicyclic) bond motifs is 5. The molecule has 43 heavy (non-hydrogen) atoms. The van der Waals surface area contributed by atoms with Crippen molar-refractivity contribution in [2.45, 2.75) is 50.6 Å². The number of aryl methyl sites for hydroxylation is 1. The number of aromatic amines is 1. The van der Waals surface area contributed by atoms with Crippen LogP contribution in [0.15, 0.2) is 47.7 Å². The van der Waals surface area contributed by atoms with Crippen molar-refractivity contribution in [3.8, 4) is 28.1 Å². The number of rotatable bonds is 3. The Morgan fingerprint density at radius 1 is 1.19 bits per heavy atom. The van der Waals surface area contributed by atoms with Gasteiger partial charge in [-0.1, -0.05) is 12.1 Å². The van der Waals surface area contributed by atoms with Crippen molar-refractivity contribution in [1.29, 1.82) is 0 Å². The van der Waals surface area contributed by atoms with Gasteiger partial charge in [0.05, 0.1) is 59.9 Å². The van der Waals surface area contributed by atoms with E-state index in [9.17, 15) is 18.4 Å². The van der Waals surface area contributed by atoms with E-state index >= 15 is 0 Å². The molecule has 4 aromatic heterocycles. The summed E-state index contributed by atoms with van der Waals surface area (Å²) in [7, 11) is 2.99. The maximum absolute atomic E-state index is 13.9. The predicted octanol–water partition coefficient (Wildman–Crippen LogP) is 4.37. The van der Waals surface area contributed by atoms with Crippen molar-refractivity contribution in [3.63, 3.8) is 0 Å². The van der Waals surface area contributed by atoms with E-state index in [1.54, 1.807) is 22.4 Å². The lowest BCUT2D eigenvalue weighted by Gasteiger charge is -2.24. The molecule has 8 rings (SSSR count). The highest BCUT2D eigenvalue weighted by Gasteiger charge is 2.40. The number of alkyl carbamates (subject to hydrolysis) is 1. The van der Waals surface area contributed by atoms with E-state index in [4.69, 9.17) is 14.2 Å². The number of nitrogens with one attached hydrogen (secondary N) is 2. The lowest BCUT2D eigenvalue weighted by atomic mass is 9.99. The van der Waals surface area contributed by atoms with Gasteiger partial charge >= 0.3 is 18.3 Å². The minimum absolute atomic E-state index is 0.248. The van der Waals surface area contributed by atoms with Gasteiger partial charge in [-0.3, -0.25) is 9.13 Å². The Balaban J connectivity index is 1.52. The molecule has 2 N–H and O–H groups in total. The zero-order valence-corrected chi connectivity index (χ0v) is 23.6. The summed E-state index contributed by atoms with van der Waals surface area (Å²) in [6.45, 7) is -0.647. The van der Waals surface area contributed by atoms with E-state index in [0.717, 1.165) is 5.56 Å². The molecule has 12 nitrogen and oxygen atoms in total. The number of amides is 1. The number of carbonyl (C=O) groups is 1. The first-order valence-corrected chi connectivity index (χ1v) is 13.9. The van der Waals surface area contributed by atoms with Crippen LogP contribution in [-0.2, 0) is 16.5 Å². The normalized spacial score (nSPS) is 21.8. The molecule has 14 heteroatoms. The van der Waals surface area contributed by atoms with Crippen LogP contribution in [0.2, 0.25) is 0 Å². The van der Waals surface area contributed by atoms with Crippen molar-refractivity contribution in [1.82, 2.24) is 34.2 Å². The van der Waals surface area contributed by atoms with E-state index in [-0.39, 0.29) is 24.4 Å². The van der Waals surface area contributed by atoms with Gasteiger partial charge in [0, 0.05) is 30.4 Å². The quantitative estimate of drug-likeness (QED) is 0.318. The van der Waals surface area contributed by atoms with Crippen LogP contribution < -0.4 is 15.7 Å². The molecule has 1 saturated carbocycles. The number of aromatic nitrogens is 6. The topological polar surface area (TPSA) is 130 Å². The largest absolute Gasteiger partial charge is 0.491 e. The highest BCUT2D eigenvalue weighted by molar-refractivity contribution is 6.14. The van der Waals surface area contributed by atoms with E-state index in [1.165, 1.54) is 19.5 Å². The van der Waals surface area contributed by atoms with Gasteiger partial charge in [-0.2, -0.15) is 13.9 Å². The molecule has 3 aliphatic rings. The summed E-state index contributed by atoms with van der Waals surface area (Å²) in [5.74, 6) is 0.620. The Morgan fingerprint density at radius 2 is 1.98 bits per heavy atom. The number of pyridine rings is 1. The molecule has 4 bridgehead atoms. The van der Waals surface area contributed by atoms with Crippen molar-refractivity contribution < 1.29 is 27.8 Å². The molecular weight excluding hydrogens is 564 g/mol. The molecule has 0 spiro atoms. The Morgan fingerprint density at radius 3 is 2.70 bits per heavy atom. The van der Waals surface area contributed by atoms with Gasteiger partial charge in [0.2, 0.25) is 0 Å². The highest BCUT2D eigenvalue weighted by atomic mass is 19.3. The minimum Gasteiger partial charge on any atom is -0.491 e. The molecule has 0 radical (unpaired) electrons. The Labute approximate surface area is 243 Å². The SMILES string of the molecule is COC(=O)N[C@H]1C[C@H]2C[C@H]1O[C@H](C)COc1ccc(cc1)-c1c(-c3cnn(C(F)F)c3)[nH]c3ncc4c(c13)n2c(=O)n4C. The maximum Gasteiger partial charge on any atom is 0.407 e. The number of methoxy groups -OCH3 is 1. The molecule has 5 aromatic rings. The summed E-state index contributed by atoms with van der Waals surface area (Å²) in [5.41, 5.74) is 3.91. The molecule has 2 aliphatic heterocycles. The second-order valence-corrected chi connectivity index (χ2v) is 11.0. The summed E-state index contributed by atoms with van der Waals surface area (Å²) in [6, 6.07) is 6.65. The second-order valence-electron chi connectivity index (χ2n) is 11.0. The molecule has 1 amide bonds. The van der Waals surface area contributed by atoms with Gasteiger partial charge in [0.1, 0.15) is 18.0 Å². The van der Waals surface area contributed by atoms with Gasteiger partial charge in [0.25, 0.3) is 0 Å². The number of hydrogen-bond acceptors (Lipinski definition) is 7. The first-order valence-electron chi connectivity index (χ1n) is 13.9. The monoisotopic (exact) mass is 593 g/mol. The number of nitrogens with zero attached hydrogens (tertiary/aromatic N) is 5. The van der Waals surface area contributed by atoms with Crippen LogP contribution in [0, 0.1) is 0 Å². The molecule has 0 unspecified atom stereocenters. The van der Waals surface area contributed by atoms with E-state index in [1.807, 2.05) is 31.2 Å². The number of benzene rings is 1. The van der Waals surface area contributed by atoms with E-state index < -0.39 is 24.8 Å². The van der Waals surface area contributed by atoms with Gasteiger partial charge < -0.3 is 24.5 Å². The number of imidazole rings is 1. The van der Waals surface area contributed by atoms with Crippen LogP contribution in [-0.4, -0.2) is 66.9 Å². The smallest absolute Gasteiger partial charge is 0.407 e. The van der Waals surface area contributed by atoms with E-state index in [2.05, 4.69) is 20.4 Å². The first-order chi connectivity index (χ1) is 20.7. The minimum atomic E-state index is -2.80. The van der Waals surface area contributed by atoms with Crippen LogP contribution in [0.25, 0.3) is 44.5 Å². The predicted molar refractivity (Wildman–Crippen MR) is 152 cm³/mol. The lowest BCUT2D eigenvalue weighted by molar-refractivity contribution is -0.0322. The van der Waals surface area contributed by atoms with Gasteiger partial charge in [-0.25, -0.2) is 19.3 Å². The maximum atomic E-state index is 13.9. The molecule has 1 aliphatic carbocycles. The number of alkyl halides is 2.